The van der Waals surface area contributed by atoms with Gasteiger partial charge in [-0.05, 0) is 26.7 Å². The largest absolute Gasteiger partial charge is 0.382 e. The summed E-state index contributed by atoms with van der Waals surface area (Å²) in [6.45, 7) is 6.09. The van der Waals surface area contributed by atoms with Gasteiger partial charge in [0.05, 0.1) is 35.6 Å². The minimum atomic E-state index is -3.64. The molecule has 12 heteroatoms. The van der Waals surface area contributed by atoms with Gasteiger partial charge in [0.25, 0.3) is 0 Å². The lowest BCUT2D eigenvalue weighted by molar-refractivity contribution is 0.0399. The van der Waals surface area contributed by atoms with Crippen LogP contribution in [-0.4, -0.2) is 71.9 Å². The molecule has 0 radical (unpaired) electrons. The van der Waals surface area contributed by atoms with Gasteiger partial charge < -0.3 is 18.8 Å². The van der Waals surface area contributed by atoms with E-state index in [1.54, 1.807) is 28.1 Å². The molecule has 3 heterocycles. The Morgan fingerprint density at radius 3 is 2.33 bits per heavy atom. The van der Waals surface area contributed by atoms with Crippen molar-refractivity contribution < 1.29 is 22.6 Å². The first-order valence-corrected chi connectivity index (χ1v) is 13.0. The molecule has 0 amide bonds. The Kier molecular flexibility index (Phi) is 8.79. The molecule has 1 aliphatic rings. The van der Waals surface area contributed by atoms with Gasteiger partial charge in [0.1, 0.15) is 23.5 Å². The number of hydrogen-bond acceptors (Lipinski definition) is 9. The van der Waals surface area contributed by atoms with E-state index in [-0.39, 0.29) is 24.0 Å². The summed E-state index contributed by atoms with van der Waals surface area (Å²) in [5.41, 5.74) is 0. The van der Waals surface area contributed by atoms with Crippen molar-refractivity contribution in [2.45, 2.75) is 68.8 Å². The van der Waals surface area contributed by atoms with Crippen LogP contribution in [0.5, 0.6) is 0 Å². The molecule has 1 aliphatic heterocycles. The van der Waals surface area contributed by atoms with Crippen molar-refractivity contribution >= 4 is 21.4 Å². The molecule has 10 nitrogen and oxygen atoms in total. The van der Waals surface area contributed by atoms with Gasteiger partial charge in [0.2, 0.25) is 0 Å². The lowest BCUT2D eigenvalue weighted by Gasteiger charge is -2.24. The van der Waals surface area contributed by atoms with E-state index in [0.29, 0.717) is 35.7 Å². The number of sulfone groups is 1. The van der Waals surface area contributed by atoms with Crippen LogP contribution in [0.15, 0.2) is 12.4 Å². The quantitative estimate of drug-likeness (QED) is 0.457. The van der Waals surface area contributed by atoms with Crippen LogP contribution in [0.1, 0.15) is 69.1 Å². The second-order valence-corrected chi connectivity index (χ2v) is 11.3. The Morgan fingerprint density at radius 1 is 1.15 bits per heavy atom. The predicted molar refractivity (Wildman–Crippen MR) is 123 cm³/mol. The highest BCUT2D eigenvalue weighted by molar-refractivity contribution is 7.91. The Morgan fingerprint density at radius 2 is 1.79 bits per heavy atom. The lowest BCUT2D eigenvalue weighted by atomic mass is 10.1. The molecule has 0 N–H and O–H groups in total. The highest BCUT2D eigenvalue weighted by atomic mass is 35.5. The molecule has 0 saturated carbocycles. The maximum absolute atomic E-state index is 13.4. The molecular weight excluding hydrogens is 470 g/mol. The van der Waals surface area contributed by atoms with Crippen LogP contribution < -0.4 is 0 Å². The first kappa shape index (κ1) is 26.0. The van der Waals surface area contributed by atoms with Crippen molar-refractivity contribution in [2.75, 3.05) is 27.4 Å². The predicted octanol–water partition coefficient (Wildman–Crippen LogP) is 2.90. The first-order valence-electron chi connectivity index (χ1n) is 10.9. The van der Waals surface area contributed by atoms with Crippen LogP contribution in [0.25, 0.3) is 0 Å². The Balaban J connectivity index is 1.92. The maximum atomic E-state index is 13.4. The molecule has 0 aromatic carbocycles. The third-order valence-electron chi connectivity index (χ3n) is 6.04. The summed E-state index contributed by atoms with van der Waals surface area (Å²) >= 11 is 5.86. The van der Waals surface area contributed by atoms with Crippen LogP contribution in [0.3, 0.4) is 0 Å². The number of methoxy groups -OCH3 is 2. The fraction of sp³-hybridized carbons (Fsp3) is 0.714. The third kappa shape index (κ3) is 6.07. The molecule has 2 aromatic rings. The Bertz CT molecular complexity index is 1010. The van der Waals surface area contributed by atoms with Gasteiger partial charge in [0.15, 0.2) is 15.7 Å². The van der Waals surface area contributed by atoms with Gasteiger partial charge in [-0.15, -0.1) is 10.2 Å². The minimum Gasteiger partial charge on any atom is -0.382 e. The summed E-state index contributed by atoms with van der Waals surface area (Å²) in [6, 6.07) is -0.290. The van der Waals surface area contributed by atoms with Crippen molar-refractivity contribution in [3.05, 3.63) is 34.9 Å². The van der Waals surface area contributed by atoms with Gasteiger partial charge in [0, 0.05) is 32.5 Å². The van der Waals surface area contributed by atoms with Crippen molar-refractivity contribution in [3.8, 4) is 0 Å². The van der Waals surface area contributed by atoms with E-state index in [9.17, 15) is 8.42 Å². The molecule has 0 unspecified atom stereocenters. The van der Waals surface area contributed by atoms with Gasteiger partial charge in [-0.3, -0.25) is 0 Å². The molecule has 4 atom stereocenters. The van der Waals surface area contributed by atoms with E-state index in [0.717, 1.165) is 12.8 Å². The van der Waals surface area contributed by atoms with Crippen LogP contribution in [-0.2, 0) is 29.8 Å². The van der Waals surface area contributed by atoms with E-state index in [2.05, 4.69) is 20.2 Å². The highest BCUT2D eigenvalue weighted by Crippen LogP contribution is 2.34. The second kappa shape index (κ2) is 11.2. The summed E-state index contributed by atoms with van der Waals surface area (Å²) in [5, 5.41) is 8.27. The number of hydrogen-bond donors (Lipinski definition) is 0. The van der Waals surface area contributed by atoms with Crippen molar-refractivity contribution in [2.24, 2.45) is 0 Å². The number of nitrogens with zero attached hydrogens (tertiary/aromatic N) is 5. The summed E-state index contributed by atoms with van der Waals surface area (Å²) in [4.78, 5) is 8.38. The van der Waals surface area contributed by atoms with E-state index in [4.69, 9.17) is 25.8 Å². The average molecular weight is 502 g/mol. The fourth-order valence-corrected chi connectivity index (χ4v) is 5.68. The van der Waals surface area contributed by atoms with Crippen LogP contribution >= 0.6 is 11.6 Å². The maximum Gasteiger partial charge on any atom is 0.162 e. The van der Waals surface area contributed by atoms with Crippen molar-refractivity contribution in [3.63, 3.8) is 0 Å². The molecule has 1 fully saturated rings. The molecule has 0 aliphatic carbocycles. The Labute approximate surface area is 199 Å². The standard InChI is InChI=1S/C21H32ClN5O5S/c1-13-6-7-18(32-13)21-26-25-19(27(21)17(10-30-4)11-31-5)12-33(28,29)15(3)14(2)20-23-8-16(22)9-24-20/h8-9,13-15,17-18H,6-7,10-12H2,1-5H3/t13-,14-,15-,18-/m0/s1. The van der Waals surface area contributed by atoms with Crippen molar-refractivity contribution in [1.29, 1.82) is 0 Å². The molecule has 33 heavy (non-hydrogen) atoms. The topological polar surface area (TPSA) is 118 Å². The van der Waals surface area contributed by atoms with E-state index < -0.39 is 21.0 Å². The minimum absolute atomic E-state index is 0.107. The SMILES string of the molecule is COCC(COC)n1c(CS(=O)(=O)[C@@H](C)[C@H](C)c2ncc(Cl)cn2)nnc1[C@@H]1CC[C@H](C)O1. The van der Waals surface area contributed by atoms with Gasteiger partial charge in [-0.25, -0.2) is 18.4 Å². The van der Waals surface area contributed by atoms with Crippen LogP contribution in [0.4, 0.5) is 0 Å². The number of aromatic nitrogens is 5. The molecule has 184 valence electrons. The zero-order chi connectivity index (χ0) is 24.2. The number of rotatable bonds is 11. The zero-order valence-electron chi connectivity index (χ0n) is 19.6. The molecule has 2 aromatic heterocycles. The average Bonchev–Trinajstić information content (AvgIpc) is 3.38. The van der Waals surface area contributed by atoms with E-state index in [1.807, 2.05) is 11.5 Å². The summed E-state index contributed by atoms with van der Waals surface area (Å²) in [5.74, 6) is 0.637. The fourth-order valence-electron chi connectivity index (χ4n) is 4.02. The monoisotopic (exact) mass is 501 g/mol. The van der Waals surface area contributed by atoms with Crippen LogP contribution in [0, 0.1) is 0 Å². The van der Waals surface area contributed by atoms with E-state index in [1.165, 1.54) is 12.4 Å². The third-order valence-corrected chi connectivity index (χ3v) is 8.44. The second-order valence-electron chi connectivity index (χ2n) is 8.48. The van der Waals surface area contributed by atoms with Gasteiger partial charge in [-0.1, -0.05) is 18.5 Å². The number of halogens is 1. The summed E-state index contributed by atoms with van der Waals surface area (Å²) < 4.78 is 45.4. The summed E-state index contributed by atoms with van der Waals surface area (Å²) in [6.07, 6.45) is 4.48. The lowest BCUT2D eigenvalue weighted by Crippen LogP contribution is -2.30. The van der Waals surface area contributed by atoms with Crippen molar-refractivity contribution in [1.82, 2.24) is 24.7 Å². The zero-order valence-corrected chi connectivity index (χ0v) is 21.2. The smallest absolute Gasteiger partial charge is 0.162 e. The van der Waals surface area contributed by atoms with Gasteiger partial charge >= 0.3 is 0 Å². The van der Waals surface area contributed by atoms with E-state index >= 15 is 0 Å². The molecule has 1 saturated heterocycles. The van der Waals surface area contributed by atoms with Gasteiger partial charge in [-0.2, -0.15) is 0 Å². The molecular formula is C21H32ClN5O5S. The molecule has 0 spiro atoms. The number of ether oxygens (including phenoxy) is 3. The molecule has 3 rings (SSSR count). The summed E-state index contributed by atoms with van der Waals surface area (Å²) in [7, 11) is -0.456. The first-order chi connectivity index (χ1) is 15.7. The highest BCUT2D eigenvalue weighted by Gasteiger charge is 2.35. The molecule has 0 bridgehead atoms. The Hall–Kier alpha value is -1.66. The van der Waals surface area contributed by atoms with Crippen LogP contribution in [0.2, 0.25) is 5.02 Å². The normalized spacial score (nSPS) is 20.9.